The molecule has 6 heteroatoms. The van der Waals surface area contributed by atoms with Crippen molar-refractivity contribution in [2.45, 2.75) is 12.8 Å². The molecule has 0 aromatic carbocycles. The van der Waals surface area contributed by atoms with E-state index in [2.05, 4.69) is 15.1 Å². The van der Waals surface area contributed by atoms with E-state index >= 15 is 0 Å². The van der Waals surface area contributed by atoms with Gasteiger partial charge in [0.05, 0.1) is 11.9 Å². The van der Waals surface area contributed by atoms with E-state index in [4.69, 9.17) is 15.0 Å². The highest BCUT2D eigenvalue weighted by molar-refractivity contribution is 5.50. The number of ether oxygens (including phenoxy) is 1. The second kappa shape index (κ2) is 4.73. The van der Waals surface area contributed by atoms with Gasteiger partial charge in [-0.15, -0.1) is 0 Å². The van der Waals surface area contributed by atoms with E-state index in [1.807, 2.05) is 0 Å². The van der Waals surface area contributed by atoms with Gasteiger partial charge < -0.3 is 15.0 Å². The molecule has 0 aliphatic carbocycles. The van der Waals surface area contributed by atoms with Crippen LogP contribution < -0.4 is 5.73 Å². The van der Waals surface area contributed by atoms with Gasteiger partial charge in [0, 0.05) is 19.6 Å². The van der Waals surface area contributed by atoms with Crippen molar-refractivity contribution in [2.24, 2.45) is 5.92 Å². The number of nitrogen functional groups attached to an aromatic ring is 1. The molecule has 18 heavy (non-hydrogen) atoms. The van der Waals surface area contributed by atoms with Crippen molar-refractivity contribution in [3.8, 4) is 11.6 Å². The summed E-state index contributed by atoms with van der Waals surface area (Å²) in [5, 5.41) is 3.97. The van der Waals surface area contributed by atoms with Crippen molar-refractivity contribution in [1.29, 1.82) is 0 Å². The molecule has 1 aliphatic heterocycles. The quantitative estimate of drug-likeness (QED) is 0.878. The molecule has 6 nitrogen and oxygen atoms in total. The summed E-state index contributed by atoms with van der Waals surface area (Å²) in [6, 6.07) is 3.53. The highest BCUT2D eigenvalue weighted by Crippen LogP contribution is 2.19. The first-order valence-corrected chi connectivity index (χ1v) is 5.93. The molecule has 0 saturated carbocycles. The van der Waals surface area contributed by atoms with Gasteiger partial charge in [0.2, 0.25) is 0 Å². The Balaban J connectivity index is 1.74. The lowest BCUT2D eigenvalue weighted by molar-refractivity contribution is 0.185. The fourth-order valence-corrected chi connectivity index (χ4v) is 1.98. The van der Waals surface area contributed by atoms with Gasteiger partial charge in [-0.1, -0.05) is 5.16 Å². The molecule has 2 N–H and O–H groups in total. The summed E-state index contributed by atoms with van der Waals surface area (Å²) in [4.78, 5) is 8.48. The van der Waals surface area contributed by atoms with E-state index in [9.17, 15) is 0 Å². The molecule has 2 aromatic heterocycles. The Morgan fingerprint density at radius 2 is 2.33 bits per heavy atom. The van der Waals surface area contributed by atoms with Crippen LogP contribution in [0.4, 0.5) is 5.69 Å². The van der Waals surface area contributed by atoms with Gasteiger partial charge in [-0.25, -0.2) is 4.98 Å². The molecule has 0 bridgehead atoms. The number of rotatable bonds is 3. The summed E-state index contributed by atoms with van der Waals surface area (Å²) in [6.07, 6.45) is 3.42. The third kappa shape index (κ3) is 2.33. The van der Waals surface area contributed by atoms with E-state index in [1.54, 1.807) is 18.3 Å². The molecule has 2 aromatic rings. The third-order valence-electron chi connectivity index (χ3n) is 2.97. The Kier molecular flexibility index (Phi) is 2.93. The molecular weight excluding hydrogens is 232 g/mol. The Bertz CT molecular complexity index is 517. The molecule has 1 atom stereocenters. The van der Waals surface area contributed by atoms with Crippen LogP contribution >= 0.6 is 0 Å². The zero-order valence-electron chi connectivity index (χ0n) is 9.87. The summed E-state index contributed by atoms with van der Waals surface area (Å²) in [5.41, 5.74) is 6.83. The Morgan fingerprint density at radius 3 is 3.06 bits per heavy atom. The lowest BCUT2D eigenvalue weighted by Gasteiger charge is -2.00. The van der Waals surface area contributed by atoms with Crippen molar-refractivity contribution in [3.63, 3.8) is 0 Å². The fraction of sp³-hybridized carbons (Fsp3) is 0.417. The summed E-state index contributed by atoms with van der Waals surface area (Å²) >= 11 is 0. The maximum absolute atomic E-state index is 5.58. The molecule has 0 amide bonds. The highest BCUT2D eigenvalue weighted by Gasteiger charge is 2.19. The topological polar surface area (TPSA) is 87.1 Å². The van der Waals surface area contributed by atoms with Crippen LogP contribution in [-0.2, 0) is 11.2 Å². The van der Waals surface area contributed by atoms with E-state index in [0.717, 1.165) is 26.1 Å². The standard InChI is InChI=1S/C12H14N4O2/c13-9-1-2-10(14-6-9)12-15-11(16-18-12)5-8-3-4-17-7-8/h1-2,6,8H,3-5,7,13H2. The van der Waals surface area contributed by atoms with Crippen LogP contribution in [0.1, 0.15) is 12.2 Å². The van der Waals surface area contributed by atoms with Gasteiger partial charge in [0.25, 0.3) is 5.89 Å². The molecule has 1 saturated heterocycles. The molecule has 3 rings (SSSR count). The van der Waals surface area contributed by atoms with E-state index < -0.39 is 0 Å². The zero-order chi connectivity index (χ0) is 12.4. The van der Waals surface area contributed by atoms with Crippen LogP contribution in [0.25, 0.3) is 11.6 Å². The fourth-order valence-electron chi connectivity index (χ4n) is 1.98. The monoisotopic (exact) mass is 246 g/mol. The van der Waals surface area contributed by atoms with Crippen LogP contribution in [0, 0.1) is 5.92 Å². The smallest absolute Gasteiger partial charge is 0.276 e. The molecule has 1 unspecified atom stereocenters. The molecular formula is C12H14N4O2. The minimum Gasteiger partial charge on any atom is -0.397 e. The van der Waals surface area contributed by atoms with Gasteiger partial charge in [0.1, 0.15) is 5.69 Å². The van der Waals surface area contributed by atoms with Crippen LogP contribution in [0.3, 0.4) is 0 Å². The number of anilines is 1. The largest absolute Gasteiger partial charge is 0.397 e. The average molecular weight is 246 g/mol. The van der Waals surface area contributed by atoms with Crippen molar-refractivity contribution in [1.82, 2.24) is 15.1 Å². The maximum atomic E-state index is 5.58. The van der Waals surface area contributed by atoms with Crippen LogP contribution in [0.15, 0.2) is 22.9 Å². The van der Waals surface area contributed by atoms with Gasteiger partial charge >= 0.3 is 0 Å². The second-order valence-electron chi connectivity index (χ2n) is 4.43. The van der Waals surface area contributed by atoms with Crippen molar-refractivity contribution >= 4 is 5.69 Å². The van der Waals surface area contributed by atoms with Gasteiger partial charge in [-0.3, -0.25) is 0 Å². The van der Waals surface area contributed by atoms with Gasteiger partial charge in [-0.05, 0) is 24.5 Å². The van der Waals surface area contributed by atoms with E-state index in [-0.39, 0.29) is 0 Å². The number of aromatic nitrogens is 3. The predicted molar refractivity (Wildman–Crippen MR) is 64.6 cm³/mol. The van der Waals surface area contributed by atoms with Crippen molar-refractivity contribution in [3.05, 3.63) is 24.2 Å². The number of pyridine rings is 1. The summed E-state index contributed by atoms with van der Waals surface area (Å²) in [7, 11) is 0. The first kappa shape index (κ1) is 11.2. The predicted octanol–water partition coefficient (Wildman–Crippen LogP) is 1.29. The zero-order valence-corrected chi connectivity index (χ0v) is 9.87. The van der Waals surface area contributed by atoms with Crippen LogP contribution in [0.5, 0.6) is 0 Å². The summed E-state index contributed by atoms with van der Waals surface area (Å²) in [6.45, 7) is 1.61. The van der Waals surface area contributed by atoms with Gasteiger partial charge in [-0.2, -0.15) is 4.98 Å². The number of hydrogen-bond donors (Lipinski definition) is 1. The Hall–Kier alpha value is -1.95. The van der Waals surface area contributed by atoms with E-state index in [0.29, 0.717) is 29.0 Å². The maximum Gasteiger partial charge on any atom is 0.276 e. The van der Waals surface area contributed by atoms with Gasteiger partial charge in [0.15, 0.2) is 5.82 Å². The SMILES string of the molecule is Nc1ccc(-c2nc(CC3CCOC3)no2)nc1. The first-order valence-electron chi connectivity index (χ1n) is 5.93. The lowest BCUT2D eigenvalue weighted by atomic mass is 10.1. The summed E-state index contributed by atoms with van der Waals surface area (Å²) < 4.78 is 10.5. The third-order valence-corrected chi connectivity index (χ3v) is 2.97. The summed E-state index contributed by atoms with van der Waals surface area (Å²) in [5.74, 6) is 1.64. The molecule has 94 valence electrons. The Morgan fingerprint density at radius 1 is 1.39 bits per heavy atom. The second-order valence-corrected chi connectivity index (χ2v) is 4.43. The number of hydrogen-bond acceptors (Lipinski definition) is 6. The van der Waals surface area contributed by atoms with Crippen molar-refractivity contribution < 1.29 is 9.26 Å². The number of nitrogens with zero attached hydrogens (tertiary/aromatic N) is 3. The molecule has 3 heterocycles. The van der Waals surface area contributed by atoms with Crippen molar-refractivity contribution in [2.75, 3.05) is 18.9 Å². The lowest BCUT2D eigenvalue weighted by Crippen LogP contribution is -2.04. The van der Waals surface area contributed by atoms with E-state index in [1.165, 1.54) is 0 Å². The molecule has 0 radical (unpaired) electrons. The van der Waals surface area contributed by atoms with Crippen LogP contribution in [0.2, 0.25) is 0 Å². The number of nitrogens with two attached hydrogens (primary N) is 1. The average Bonchev–Trinajstić information content (AvgIpc) is 3.02. The first-order chi connectivity index (χ1) is 8.81. The normalized spacial score (nSPS) is 19.2. The highest BCUT2D eigenvalue weighted by atomic mass is 16.5. The molecule has 1 fully saturated rings. The minimum atomic E-state index is 0.434. The minimum absolute atomic E-state index is 0.434. The molecule has 1 aliphatic rings. The van der Waals surface area contributed by atoms with Crippen LogP contribution in [-0.4, -0.2) is 28.3 Å². The molecule has 0 spiro atoms. The Labute approximate surface area is 104 Å².